The van der Waals surface area contributed by atoms with Crippen molar-refractivity contribution in [2.24, 2.45) is 0 Å². The maximum Gasteiger partial charge on any atom is 0.317 e. The molecule has 4 heteroatoms. The smallest absolute Gasteiger partial charge is 0.317 e. The van der Waals surface area contributed by atoms with Crippen LogP contribution in [-0.4, -0.2) is 22.6 Å². The Morgan fingerprint density at radius 2 is 1.74 bits per heavy atom. The number of ether oxygens (including phenoxy) is 1. The molecule has 1 N–H and O–H groups in total. The molecule has 0 atom stereocenters. The van der Waals surface area contributed by atoms with Crippen LogP contribution < -0.4 is 0 Å². The molecule has 0 aliphatic heterocycles. The fraction of sp³-hybridized carbons (Fsp3) is 0.467. The van der Waals surface area contributed by atoms with Crippen molar-refractivity contribution < 1.29 is 19.4 Å². The highest BCUT2D eigenvalue weighted by atomic mass is 16.6. The van der Waals surface area contributed by atoms with Crippen molar-refractivity contribution >= 4 is 11.9 Å². The summed E-state index contributed by atoms with van der Waals surface area (Å²) >= 11 is 0. The van der Waals surface area contributed by atoms with E-state index in [0.717, 1.165) is 5.56 Å². The lowest BCUT2D eigenvalue weighted by Crippen LogP contribution is -2.36. The van der Waals surface area contributed by atoms with Crippen LogP contribution >= 0.6 is 0 Å². The van der Waals surface area contributed by atoms with Crippen LogP contribution in [0.1, 0.15) is 38.7 Å². The number of hydrogen-bond acceptors (Lipinski definition) is 3. The molecule has 1 rings (SSSR count). The van der Waals surface area contributed by atoms with Crippen LogP contribution in [0.15, 0.2) is 30.3 Å². The molecule has 0 saturated carbocycles. The molecule has 19 heavy (non-hydrogen) atoms. The van der Waals surface area contributed by atoms with Crippen LogP contribution in [0.5, 0.6) is 0 Å². The fourth-order valence-corrected chi connectivity index (χ4v) is 2.05. The highest BCUT2D eigenvalue weighted by molar-refractivity contribution is 5.90. The normalized spacial score (nSPS) is 11.1. The molecular formula is C15H20O4. The van der Waals surface area contributed by atoms with E-state index in [1.165, 1.54) is 0 Å². The third kappa shape index (κ3) is 4.73. The largest absolute Gasteiger partial charge is 0.481 e. The first-order chi connectivity index (χ1) is 9.01. The molecule has 1 aromatic carbocycles. The molecule has 0 unspecified atom stereocenters. The Balaban J connectivity index is 2.79. The number of esters is 1. The Morgan fingerprint density at radius 1 is 1.16 bits per heavy atom. The van der Waals surface area contributed by atoms with Gasteiger partial charge in [-0.2, -0.15) is 0 Å². The summed E-state index contributed by atoms with van der Waals surface area (Å²) < 4.78 is 5.43. The maximum absolute atomic E-state index is 11.6. The number of hydrogen-bond donors (Lipinski definition) is 1. The van der Waals surface area contributed by atoms with E-state index in [1.807, 2.05) is 44.2 Å². The van der Waals surface area contributed by atoms with Gasteiger partial charge in [0.15, 0.2) is 0 Å². The zero-order valence-corrected chi connectivity index (χ0v) is 11.4. The lowest BCUT2D eigenvalue weighted by molar-refractivity contribution is -0.164. The van der Waals surface area contributed by atoms with E-state index in [2.05, 4.69) is 0 Å². The Bertz CT molecular complexity index is 421. The standard InChI is InChI=1S/C15H20O4/c1-3-15(4-2,19-14(18)10-13(16)17)11-12-8-6-5-7-9-12/h5-9H,3-4,10-11H2,1-2H3,(H,16,17). The van der Waals surface area contributed by atoms with E-state index >= 15 is 0 Å². The van der Waals surface area contributed by atoms with Crippen molar-refractivity contribution in [2.75, 3.05) is 0 Å². The summed E-state index contributed by atoms with van der Waals surface area (Å²) in [6.45, 7) is 3.89. The number of carboxylic acid groups (broad SMARTS) is 1. The van der Waals surface area contributed by atoms with Crippen molar-refractivity contribution in [3.8, 4) is 0 Å². The van der Waals surface area contributed by atoms with Crippen LogP contribution in [-0.2, 0) is 20.7 Å². The second-order valence-corrected chi connectivity index (χ2v) is 4.60. The zero-order chi connectivity index (χ0) is 14.3. The average molecular weight is 264 g/mol. The molecule has 1 aromatic rings. The molecule has 0 bridgehead atoms. The molecule has 0 saturated heterocycles. The van der Waals surface area contributed by atoms with Crippen LogP contribution in [0.4, 0.5) is 0 Å². The summed E-state index contributed by atoms with van der Waals surface area (Å²) in [6.07, 6.45) is 1.33. The third-order valence-electron chi connectivity index (χ3n) is 3.28. The number of carbonyl (C=O) groups is 2. The highest BCUT2D eigenvalue weighted by Gasteiger charge is 2.31. The lowest BCUT2D eigenvalue weighted by Gasteiger charge is -2.31. The van der Waals surface area contributed by atoms with Gasteiger partial charge in [-0.1, -0.05) is 44.2 Å². The minimum absolute atomic E-state index is 0.587. The second-order valence-electron chi connectivity index (χ2n) is 4.60. The van der Waals surface area contributed by atoms with E-state index in [1.54, 1.807) is 0 Å². The molecule has 0 aliphatic rings. The van der Waals surface area contributed by atoms with Gasteiger partial charge >= 0.3 is 11.9 Å². The SMILES string of the molecule is CCC(CC)(Cc1ccccc1)OC(=O)CC(=O)O. The van der Waals surface area contributed by atoms with Gasteiger partial charge in [-0.3, -0.25) is 9.59 Å². The van der Waals surface area contributed by atoms with Gasteiger partial charge in [-0.15, -0.1) is 0 Å². The molecule has 0 aliphatic carbocycles. The van der Waals surface area contributed by atoms with E-state index in [9.17, 15) is 9.59 Å². The monoisotopic (exact) mass is 264 g/mol. The topological polar surface area (TPSA) is 63.6 Å². The van der Waals surface area contributed by atoms with E-state index in [-0.39, 0.29) is 0 Å². The highest BCUT2D eigenvalue weighted by Crippen LogP contribution is 2.26. The van der Waals surface area contributed by atoms with Crippen LogP contribution in [0.25, 0.3) is 0 Å². The Kier molecular flexibility index (Phi) is 5.55. The Morgan fingerprint density at radius 3 is 2.21 bits per heavy atom. The summed E-state index contributed by atoms with van der Waals surface area (Å²) in [5, 5.41) is 8.62. The Hall–Kier alpha value is -1.84. The zero-order valence-electron chi connectivity index (χ0n) is 11.4. The number of carboxylic acids is 1. The summed E-state index contributed by atoms with van der Waals surface area (Å²) in [6, 6.07) is 9.75. The first kappa shape index (κ1) is 15.2. The first-order valence-electron chi connectivity index (χ1n) is 6.49. The third-order valence-corrected chi connectivity index (χ3v) is 3.28. The predicted molar refractivity (Wildman–Crippen MR) is 71.8 cm³/mol. The van der Waals surface area contributed by atoms with E-state index < -0.39 is 24.0 Å². The fourth-order valence-electron chi connectivity index (χ4n) is 2.05. The minimum atomic E-state index is -1.16. The molecular weight excluding hydrogens is 244 g/mol. The van der Waals surface area contributed by atoms with Crippen molar-refractivity contribution in [1.29, 1.82) is 0 Å². The Labute approximate surface area is 113 Å². The molecule has 4 nitrogen and oxygen atoms in total. The first-order valence-corrected chi connectivity index (χ1v) is 6.49. The molecule has 104 valence electrons. The summed E-state index contributed by atoms with van der Waals surface area (Å²) in [4.78, 5) is 22.1. The minimum Gasteiger partial charge on any atom is -0.481 e. The van der Waals surface area contributed by atoms with Gasteiger partial charge in [0.2, 0.25) is 0 Å². The van der Waals surface area contributed by atoms with Crippen LogP contribution in [0.2, 0.25) is 0 Å². The van der Waals surface area contributed by atoms with Crippen molar-refractivity contribution in [3.05, 3.63) is 35.9 Å². The number of carbonyl (C=O) groups excluding carboxylic acids is 1. The molecule has 0 spiro atoms. The van der Waals surface area contributed by atoms with E-state index in [0.29, 0.717) is 19.3 Å². The van der Waals surface area contributed by atoms with Crippen LogP contribution in [0.3, 0.4) is 0 Å². The van der Waals surface area contributed by atoms with Crippen molar-refractivity contribution in [1.82, 2.24) is 0 Å². The van der Waals surface area contributed by atoms with Gasteiger partial charge < -0.3 is 9.84 Å². The molecule has 0 heterocycles. The quantitative estimate of drug-likeness (QED) is 0.607. The van der Waals surface area contributed by atoms with Gasteiger partial charge in [0.25, 0.3) is 0 Å². The van der Waals surface area contributed by atoms with E-state index in [4.69, 9.17) is 9.84 Å². The second kappa shape index (κ2) is 6.92. The molecule has 0 radical (unpaired) electrons. The lowest BCUT2D eigenvalue weighted by atomic mass is 9.89. The van der Waals surface area contributed by atoms with Gasteiger partial charge in [-0.25, -0.2) is 0 Å². The molecule has 0 fully saturated rings. The average Bonchev–Trinajstić information content (AvgIpc) is 2.38. The van der Waals surface area contributed by atoms with Gasteiger partial charge in [-0.05, 0) is 18.4 Å². The summed E-state index contributed by atoms with van der Waals surface area (Å²) in [5.74, 6) is -1.84. The van der Waals surface area contributed by atoms with Gasteiger partial charge in [0.1, 0.15) is 12.0 Å². The number of aliphatic carboxylic acids is 1. The molecule has 0 amide bonds. The summed E-state index contributed by atoms with van der Waals surface area (Å²) in [7, 11) is 0. The van der Waals surface area contributed by atoms with Crippen molar-refractivity contribution in [2.45, 2.75) is 45.1 Å². The summed E-state index contributed by atoms with van der Waals surface area (Å²) in [5.41, 5.74) is 0.461. The van der Waals surface area contributed by atoms with Crippen LogP contribution in [0, 0.1) is 0 Å². The van der Waals surface area contributed by atoms with Gasteiger partial charge in [0.05, 0.1) is 0 Å². The predicted octanol–water partition coefficient (Wildman–Crippen LogP) is 2.81. The van der Waals surface area contributed by atoms with Crippen molar-refractivity contribution in [3.63, 3.8) is 0 Å². The van der Waals surface area contributed by atoms with Gasteiger partial charge in [0, 0.05) is 6.42 Å². The number of rotatable bonds is 7. The molecule has 0 aromatic heterocycles. The number of benzene rings is 1. The maximum atomic E-state index is 11.6.